The smallest absolute Gasteiger partial charge is 0.264 e. The normalized spacial score (nSPS) is 10.9. The van der Waals surface area contributed by atoms with Gasteiger partial charge in [0, 0.05) is 18.7 Å². The first kappa shape index (κ1) is 20.3. The molecule has 0 aliphatic carbocycles. The average Bonchev–Trinajstić information content (AvgIpc) is 3.18. The number of aryl methyl sites for hydroxylation is 2. The van der Waals surface area contributed by atoms with Gasteiger partial charge in [0.25, 0.3) is 5.56 Å². The zero-order chi connectivity index (χ0) is 22.0. The molecule has 4 aromatic rings. The van der Waals surface area contributed by atoms with Gasteiger partial charge in [-0.05, 0) is 50.2 Å². The predicted octanol–water partition coefficient (Wildman–Crippen LogP) is 3.24. The van der Waals surface area contributed by atoms with Crippen LogP contribution >= 0.6 is 0 Å². The monoisotopic (exact) mass is 417 g/mol. The van der Waals surface area contributed by atoms with Gasteiger partial charge in [0.15, 0.2) is 5.65 Å². The van der Waals surface area contributed by atoms with Crippen LogP contribution in [0.25, 0.3) is 16.7 Å². The van der Waals surface area contributed by atoms with E-state index in [-0.39, 0.29) is 24.4 Å². The first-order valence-corrected chi connectivity index (χ1v) is 9.92. The topological polar surface area (TPSA) is 91.0 Å². The fourth-order valence-corrected chi connectivity index (χ4v) is 3.36. The Bertz CT molecular complexity index is 1290. The van der Waals surface area contributed by atoms with Crippen molar-refractivity contribution in [3.05, 3.63) is 76.5 Å². The van der Waals surface area contributed by atoms with E-state index in [0.717, 1.165) is 11.3 Å². The summed E-state index contributed by atoms with van der Waals surface area (Å²) in [4.78, 5) is 30.0. The highest BCUT2D eigenvalue weighted by atomic mass is 16.5. The van der Waals surface area contributed by atoms with Crippen LogP contribution in [0, 0.1) is 13.8 Å². The summed E-state index contributed by atoms with van der Waals surface area (Å²) in [5.41, 5.74) is 2.94. The Kier molecular flexibility index (Phi) is 5.53. The van der Waals surface area contributed by atoms with Crippen molar-refractivity contribution in [3.8, 4) is 11.4 Å². The van der Waals surface area contributed by atoms with Crippen molar-refractivity contribution in [2.75, 3.05) is 12.4 Å². The zero-order valence-corrected chi connectivity index (χ0v) is 17.6. The number of hydrogen-bond acceptors (Lipinski definition) is 5. The Hall–Kier alpha value is -3.94. The number of methoxy groups -OCH3 is 1. The fraction of sp³-hybridized carbons (Fsp3) is 0.217. The molecule has 0 aliphatic heterocycles. The van der Waals surface area contributed by atoms with Crippen molar-refractivity contribution in [2.45, 2.75) is 26.8 Å². The van der Waals surface area contributed by atoms with Crippen molar-refractivity contribution in [2.24, 2.45) is 0 Å². The van der Waals surface area contributed by atoms with Gasteiger partial charge in [0.2, 0.25) is 5.91 Å². The number of carbonyl (C=O) groups is 1. The summed E-state index contributed by atoms with van der Waals surface area (Å²) >= 11 is 0. The van der Waals surface area contributed by atoms with E-state index in [9.17, 15) is 9.59 Å². The SMILES string of the molecule is COc1ccc(NC(=O)CCn2c(C)nc3c(cnn3-c3ccc(C)cc3)c2=O)cc1. The second kappa shape index (κ2) is 8.43. The highest BCUT2D eigenvalue weighted by molar-refractivity contribution is 5.90. The van der Waals surface area contributed by atoms with Gasteiger partial charge in [-0.15, -0.1) is 0 Å². The summed E-state index contributed by atoms with van der Waals surface area (Å²) in [6.07, 6.45) is 1.67. The first-order valence-electron chi connectivity index (χ1n) is 9.92. The van der Waals surface area contributed by atoms with Crippen LogP contribution in [0.15, 0.2) is 59.5 Å². The maximum absolute atomic E-state index is 13.0. The second-order valence-corrected chi connectivity index (χ2v) is 7.27. The third-order valence-electron chi connectivity index (χ3n) is 5.09. The predicted molar refractivity (Wildman–Crippen MR) is 119 cm³/mol. The van der Waals surface area contributed by atoms with Gasteiger partial charge in [-0.3, -0.25) is 14.2 Å². The number of anilines is 1. The molecule has 0 spiro atoms. The van der Waals surface area contributed by atoms with Crippen LogP contribution in [0.2, 0.25) is 0 Å². The lowest BCUT2D eigenvalue weighted by Crippen LogP contribution is -2.26. The maximum atomic E-state index is 13.0. The summed E-state index contributed by atoms with van der Waals surface area (Å²) in [5, 5.41) is 7.60. The van der Waals surface area contributed by atoms with Crippen LogP contribution in [0.1, 0.15) is 17.8 Å². The standard InChI is InChI=1S/C23H23N5O3/c1-15-4-8-18(9-5-15)28-22-20(14-24-28)23(30)27(16(2)25-22)13-12-21(29)26-17-6-10-19(31-3)11-7-17/h4-11,14H,12-13H2,1-3H3,(H,26,29). The number of hydrogen-bond donors (Lipinski definition) is 1. The molecular weight excluding hydrogens is 394 g/mol. The molecule has 0 saturated heterocycles. The Morgan fingerprint density at radius 3 is 2.45 bits per heavy atom. The lowest BCUT2D eigenvalue weighted by Gasteiger charge is -2.11. The van der Waals surface area contributed by atoms with Crippen LogP contribution < -0.4 is 15.6 Å². The first-order chi connectivity index (χ1) is 15.0. The van der Waals surface area contributed by atoms with E-state index < -0.39 is 0 Å². The number of nitrogens with zero attached hydrogens (tertiary/aromatic N) is 4. The molecule has 0 bridgehead atoms. The zero-order valence-electron chi connectivity index (χ0n) is 17.6. The molecule has 0 saturated carbocycles. The molecule has 4 rings (SSSR count). The molecule has 0 aliphatic rings. The fourth-order valence-electron chi connectivity index (χ4n) is 3.36. The number of aromatic nitrogens is 4. The molecule has 8 nitrogen and oxygen atoms in total. The lowest BCUT2D eigenvalue weighted by molar-refractivity contribution is -0.116. The van der Waals surface area contributed by atoms with Gasteiger partial charge >= 0.3 is 0 Å². The van der Waals surface area contributed by atoms with Crippen LogP contribution in [-0.4, -0.2) is 32.3 Å². The molecule has 8 heteroatoms. The third-order valence-corrected chi connectivity index (χ3v) is 5.09. The Morgan fingerprint density at radius 2 is 1.77 bits per heavy atom. The van der Waals surface area contributed by atoms with Gasteiger partial charge < -0.3 is 10.1 Å². The molecule has 0 fully saturated rings. The number of nitrogens with one attached hydrogen (secondary N) is 1. The lowest BCUT2D eigenvalue weighted by atomic mass is 10.2. The van der Waals surface area contributed by atoms with E-state index in [0.29, 0.717) is 28.3 Å². The molecule has 1 N–H and O–H groups in total. The van der Waals surface area contributed by atoms with Crippen LogP contribution in [0.3, 0.4) is 0 Å². The Balaban J connectivity index is 1.53. The summed E-state index contributed by atoms with van der Waals surface area (Å²) in [6.45, 7) is 4.00. The highest BCUT2D eigenvalue weighted by Gasteiger charge is 2.15. The molecule has 158 valence electrons. The van der Waals surface area contributed by atoms with Gasteiger partial charge in [-0.1, -0.05) is 17.7 Å². The van der Waals surface area contributed by atoms with Crippen LogP contribution in [-0.2, 0) is 11.3 Å². The molecular formula is C23H23N5O3. The number of benzene rings is 2. The minimum Gasteiger partial charge on any atom is -0.497 e. The highest BCUT2D eigenvalue weighted by Crippen LogP contribution is 2.17. The van der Waals surface area contributed by atoms with Gasteiger partial charge in [0.1, 0.15) is 17.0 Å². The molecule has 2 aromatic heterocycles. The number of rotatable bonds is 6. The van der Waals surface area contributed by atoms with Crippen molar-refractivity contribution in [3.63, 3.8) is 0 Å². The van der Waals surface area contributed by atoms with Gasteiger partial charge in [0.05, 0.1) is 19.0 Å². The number of fused-ring (bicyclic) bond motifs is 1. The minimum atomic E-state index is -0.210. The van der Waals surface area contributed by atoms with Crippen LogP contribution in [0.4, 0.5) is 5.69 Å². The average molecular weight is 417 g/mol. The summed E-state index contributed by atoms with van der Waals surface area (Å²) < 4.78 is 8.28. The summed E-state index contributed by atoms with van der Waals surface area (Å²) in [6, 6.07) is 14.9. The van der Waals surface area contributed by atoms with Crippen LogP contribution in [0.5, 0.6) is 5.75 Å². The number of ether oxygens (including phenoxy) is 1. The van der Waals surface area contributed by atoms with E-state index >= 15 is 0 Å². The Labute approximate surface area is 179 Å². The van der Waals surface area contributed by atoms with Gasteiger partial charge in [-0.2, -0.15) is 5.10 Å². The summed E-state index contributed by atoms with van der Waals surface area (Å²) in [7, 11) is 1.59. The number of amides is 1. The van der Waals surface area contributed by atoms with E-state index in [2.05, 4.69) is 15.4 Å². The largest absolute Gasteiger partial charge is 0.497 e. The molecule has 0 radical (unpaired) electrons. The molecule has 1 amide bonds. The molecule has 0 unspecified atom stereocenters. The van der Waals surface area contributed by atoms with Crippen molar-refractivity contribution in [1.82, 2.24) is 19.3 Å². The molecule has 31 heavy (non-hydrogen) atoms. The minimum absolute atomic E-state index is 0.145. The second-order valence-electron chi connectivity index (χ2n) is 7.27. The molecule has 2 heterocycles. The van der Waals surface area contributed by atoms with E-state index in [4.69, 9.17) is 4.74 Å². The van der Waals surface area contributed by atoms with Crippen molar-refractivity contribution in [1.29, 1.82) is 0 Å². The summed E-state index contributed by atoms with van der Waals surface area (Å²) in [5.74, 6) is 1.06. The number of carbonyl (C=O) groups excluding carboxylic acids is 1. The van der Waals surface area contributed by atoms with Crippen molar-refractivity contribution >= 4 is 22.6 Å². The Morgan fingerprint density at radius 1 is 1.06 bits per heavy atom. The van der Waals surface area contributed by atoms with E-state index in [1.165, 1.54) is 10.8 Å². The quantitative estimate of drug-likeness (QED) is 0.520. The van der Waals surface area contributed by atoms with Gasteiger partial charge in [-0.25, -0.2) is 9.67 Å². The molecule has 2 aromatic carbocycles. The van der Waals surface area contributed by atoms with E-state index in [1.54, 1.807) is 43.0 Å². The van der Waals surface area contributed by atoms with Crippen molar-refractivity contribution < 1.29 is 9.53 Å². The third kappa shape index (κ3) is 4.18. The molecule has 0 atom stereocenters. The maximum Gasteiger partial charge on any atom is 0.264 e. The van der Waals surface area contributed by atoms with E-state index in [1.807, 2.05) is 31.2 Å².